The smallest absolute Gasteiger partial charge is 0.257 e. The van der Waals surface area contributed by atoms with E-state index in [9.17, 15) is 4.79 Å². The van der Waals surface area contributed by atoms with Gasteiger partial charge in [0.05, 0.1) is 27.2 Å². The number of anilines is 1. The van der Waals surface area contributed by atoms with Crippen LogP contribution in [0.1, 0.15) is 35.9 Å². The Morgan fingerprint density at radius 2 is 2.07 bits per heavy atom. The van der Waals surface area contributed by atoms with Crippen LogP contribution in [0.15, 0.2) is 35.8 Å². The number of thiophene rings is 1. The van der Waals surface area contributed by atoms with E-state index < -0.39 is 0 Å². The Balaban J connectivity index is 1.80. The number of carbonyl (C=O) groups is 1. The summed E-state index contributed by atoms with van der Waals surface area (Å²) in [5.41, 5.74) is 2.78. The number of hydrogen-bond acceptors (Lipinski definition) is 5. The molecule has 1 N–H and O–H groups in total. The summed E-state index contributed by atoms with van der Waals surface area (Å²) in [6.45, 7) is 5.97. The van der Waals surface area contributed by atoms with Crippen LogP contribution in [-0.2, 0) is 7.05 Å². The summed E-state index contributed by atoms with van der Waals surface area (Å²) < 4.78 is 3.52. The molecule has 0 fully saturated rings. The largest absolute Gasteiger partial charge is 0.305 e. The Morgan fingerprint density at radius 1 is 1.26 bits per heavy atom. The van der Waals surface area contributed by atoms with Gasteiger partial charge < -0.3 is 5.32 Å². The molecule has 0 spiro atoms. The molecule has 0 radical (unpaired) electrons. The Bertz CT molecular complexity index is 1120. The molecule has 0 saturated carbocycles. The number of pyridine rings is 1. The molecule has 1 amide bonds. The van der Waals surface area contributed by atoms with E-state index in [1.807, 2.05) is 62.3 Å². The summed E-state index contributed by atoms with van der Waals surface area (Å²) in [5.74, 6) is 0.309. The fourth-order valence-electron chi connectivity index (χ4n) is 3.05. The van der Waals surface area contributed by atoms with Gasteiger partial charge in [-0.1, -0.05) is 6.07 Å². The van der Waals surface area contributed by atoms with Gasteiger partial charge in [-0.3, -0.25) is 14.2 Å². The van der Waals surface area contributed by atoms with Crippen LogP contribution in [0.4, 0.5) is 5.82 Å². The zero-order valence-corrected chi connectivity index (χ0v) is 16.4. The van der Waals surface area contributed by atoms with Gasteiger partial charge in [-0.15, -0.1) is 11.3 Å². The minimum atomic E-state index is -0.217. The number of amides is 1. The van der Waals surface area contributed by atoms with Crippen molar-refractivity contribution in [3.63, 3.8) is 0 Å². The number of aromatic nitrogens is 5. The maximum absolute atomic E-state index is 13.1. The highest BCUT2D eigenvalue weighted by Gasteiger charge is 2.20. The SMILES string of the molecule is Cc1nn(C)c2nc(-c3cccs3)cc(C(=O)Nc3ccn(C(C)C)n3)c12. The van der Waals surface area contributed by atoms with Crippen LogP contribution in [0.5, 0.6) is 0 Å². The van der Waals surface area contributed by atoms with Crippen molar-refractivity contribution in [1.29, 1.82) is 0 Å². The van der Waals surface area contributed by atoms with Crippen molar-refractivity contribution in [2.75, 3.05) is 5.32 Å². The van der Waals surface area contributed by atoms with Crippen LogP contribution < -0.4 is 5.32 Å². The Hall–Kier alpha value is -3.00. The number of hydrogen-bond donors (Lipinski definition) is 1. The highest BCUT2D eigenvalue weighted by atomic mass is 32.1. The fourth-order valence-corrected chi connectivity index (χ4v) is 3.74. The molecule has 0 aliphatic rings. The van der Waals surface area contributed by atoms with Crippen molar-refractivity contribution in [1.82, 2.24) is 24.5 Å². The van der Waals surface area contributed by atoms with Crippen LogP contribution >= 0.6 is 11.3 Å². The Morgan fingerprint density at radius 3 is 2.74 bits per heavy atom. The van der Waals surface area contributed by atoms with E-state index in [0.29, 0.717) is 17.0 Å². The fraction of sp³-hybridized carbons (Fsp3) is 0.263. The molecule has 8 heteroatoms. The van der Waals surface area contributed by atoms with Crippen molar-refractivity contribution in [3.05, 3.63) is 47.1 Å². The highest BCUT2D eigenvalue weighted by Crippen LogP contribution is 2.29. The van der Waals surface area contributed by atoms with Gasteiger partial charge in [0, 0.05) is 25.4 Å². The van der Waals surface area contributed by atoms with Crippen molar-refractivity contribution in [2.24, 2.45) is 7.05 Å². The number of aryl methyl sites for hydroxylation is 2. The molecule has 0 unspecified atom stereocenters. The third-order valence-corrected chi connectivity index (χ3v) is 5.26. The molecule has 27 heavy (non-hydrogen) atoms. The van der Waals surface area contributed by atoms with Crippen LogP contribution in [0.2, 0.25) is 0 Å². The zero-order valence-electron chi connectivity index (χ0n) is 15.6. The lowest BCUT2D eigenvalue weighted by Gasteiger charge is -2.08. The number of nitrogens with zero attached hydrogens (tertiary/aromatic N) is 5. The van der Waals surface area contributed by atoms with Gasteiger partial charge in [-0.05, 0) is 38.3 Å². The third kappa shape index (κ3) is 3.12. The molecule has 0 atom stereocenters. The second-order valence-electron chi connectivity index (χ2n) is 6.67. The van der Waals surface area contributed by atoms with E-state index in [1.54, 1.807) is 22.1 Å². The number of carbonyl (C=O) groups excluding carboxylic acids is 1. The summed E-state index contributed by atoms with van der Waals surface area (Å²) in [4.78, 5) is 18.8. The topological polar surface area (TPSA) is 77.6 Å². The van der Waals surface area contributed by atoms with Crippen LogP contribution in [0.25, 0.3) is 21.6 Å². The molecule has 7 nitrogen and oxygen atoms in total. The lowest BCUT2D eigenvalue weighted by molar-refractivity contribution is 0.102. The second kappa shape index (κ2) is 6.62. The lowest BCUT2D eigenvalue weighted by Crippen LogP contribution is -2.14. The molecule has 4 aromatic rings. The van der Waals surface area contributed by atoms with E-state index in [4.69, 9.17) is 4.98 Å². The van der Waals surface area contributed by atoms with Gasteiger partial charge in [-0.2, -0.15) is 10.2 Å². The molecular formula is C19H20N6OS. The maximum Gasteiger partial charge on any atom is 0.257 e. The van der Waals surface area contributed by atoms with E-state index >= 15 is 0 Å². The Kier molecular flexibility index (Phi) is 4.27. The maximum atomic E-state index is 13.1. The average molecular weight is 380 g/mol. The molecule has 4 rings (SSSR count). The number of nitrogens with one attached hydrogen (secondary N) is 1. The van der Waals surface area contributed by atoms with E-state index in [-0.39, 0.29) is 11.9 Å². The van der Waals surface area contributed by atoms with Crippen LogP contribution in [0.3, 0.4) is 0 Å². The van der Waals surface area contributed by atoms with Gasteiger partial charge in [-0.25, -0.2) is 4.98 Å². The first-order valence-corrected chi connectivity index (χ1v) is 9.56. The summed E-state index contributed by atoms with van der Waals surface area (Å²) in [6, 6.07) is 7.82. The van der Waals surface area contributed by atoms with Gasteiger partial charge in [0.1, 0.15) is 0 Å². The number of rotatable bonds is 4. The minimum absolute atomic E-state index is 0.217. The molecule has 4 aromatic heterocycles. The second-order valence-corrected chi connectivity index (χ2v) is 7.62. The van der Waals surface area contributed by atoms with Gasteiger partial charge in [0.2, 0.25) is 0 Å². The van der Waals surface area contributed by atoms with E-state index in [2.05, 4.69) is 15.5 Å². The molecular weight excluding hydrogens is 360 g/mol. The van der Waals surface area contributed by atoms with Crippen LogP contribution in [-0.4, -0.2) is 30.5 Å². The van der Waals surface area contributed by atoms with Gasteiger partial charge >= 0.3 is 0 Å². The zero-order chi connectivity index (χ0) is 19.1. The summed E-state index contributed by atoms with van der Waals surface area (Å²) in [7, 11) is 1.84. The molecule has 0 aromatic carbocycles. The highest BCUT2D eigenvalue weighted by molar-refractivity contribution is 7.13. The number of fused-ring (bicyclic) bond motifs is 1. The van der Waals surface area contributed by atoms with E-state index in [1.165, 1.54) is 0 Å². The van der Waals surface area contributed by atoms with E-state index in [0.717, 1.165) is 21.7 Å². The first-order chi connectivity index (χ1) is 12.9. The molecule has 4 heterocycles. The monoisotopic (exact) mass is 380 g/mol. The minimum Gasteiger partial charge on any atom is -0.305 e. The van der Waals surface area contributed by atoms with Crippen molar-refractivity contribution in [2.45, 2.75) is 26.8 Å². The molecule has 0 aliphatic carbocycles. The quantitative estimate of drug-likeness (QED) is 0.580. The standard InChI is InChI=1S/C19H20N6OS/c1-11(2)25-8-7-16(23-25)21-19(26)13-10-14(15-6-5-9-27-15)20-18-17(13)12(3)22-24(18)4/h5-11H,1-4H3,(H,21,23,26). The summed E-state index contributed by atoms with van der Waals surface area (Å²) >= 11 is 1.59. The van der Waals surface area contributed by atoms with Crippen LogP contribution in [0, 0.1) is 6.92 Å². The van der Waals surface area contributed by atoms with Crippen molar-refractivity contribution in [3.8, 4) is 10.6 Å². The first-order valence-electron chi connectivity index (χ1n) is 8.68. The molecule has 138 valence electrons. The first kappa shape index (κ1) is 17.4. The third-order valence-electron chi connectivity index (χ3n) is 4.37. The Labute approximate surface area is 160 Å². The summed E-state index contributed by atoms with van der Waals surface area (Å²) in [5, 5.41) is 14.5. The van der Waals surface area contributed by atoms with Gasteiger partial charge in [0.25, 0.3) is 5.91 Å². The normalized spacial score (nSPS) is 11.4. The molecule has 0 aliphatic heterocycles. The predicted molar refractivity (Wildman–Crippen MR) is 107 cm³/mol. The average Bonchev–Trinajstić information content (AvgIpc) is 3.36. The van der Waals surface area contributed by atoms with Gasteiger partial charge in [0.15, 0.2) is 11.5 Å². The van der Waals surface area contributed by atoms with Crippen molar-refractivity contribution >= 4 is 34.1 Å². The van der Waals surface area contributed by atoms with Crippen molar-refractivity contribution < 1.29 is 4.79 Å². The lowest BCUT2D eigenvalue weighted by atomic mass is 10.1. The predicted octanol–water partition coefficient (Wildman–Crippen LogP) is 4.03. The molecule has 0 bridgehead atoms. The summed E-state index contributed by atoms with van der Waals surface area (Å²) in [6.07, 6.45) is 1.86. The molecule has 0 saturated heterocycles.